The first-order chi connectivity index (χ1) is 11.6. The molecule has 1 atom stereocenters. The molecule has 0 radical (unpaired) electrons. The largest absolute Gasteiger partial charge is 0.348 e. The summed E-state index contributed by atoms with van der Waals surface area (Å²) in [7, 11) is 0. The summed E-state index contributed by atoms with van der Waals surface area (Å²) in [6.45, 7) is 2.84. The molecule has 0 heterocycles. The highest BCUT2D eigenvalue weighted by molar-refractivity contribution is 6.35. The Labute approximate surface area is 147 Å². The SMILES string of the molecule is C[C@@H](CNC(=O)C(=O)NCCc1ccc(Cl)cc1)c1ccccc1. The first kappa shape index (κ1) is 18.0. The first-order valence-electron chi connectivity index (χ1n) is 7.91. The molecule has 2 aromatic rings. The molecule has 2 aromatic carbocycles. The third kappa shape index (κ3) is 5.70. The highest BCUT2D eigenvalue weighted by atomic mass is 35.5. The van der Waals surface area contributed by atoms with E-state index in [0.717, 1.165) is 11.1 Å². The second-order valence-electron chi connectivity index (χ2n) is 5.65. The summed E-state index contributed by atoms with van der Waals surface area (Å²) in [6, 6.07) is 17.3. The van der Waals surface area contributed by atoms with Crippen LogP contribution in [0.2, 0.25) is 5.02 Å². The molecule has 5 heteroatoms. The van der Waals surface area contributed by atoms with Crippen LogP contribution < -0.4 is 10.6 Å². The zero-order valence-corrected chi connectivity index (χ0v) is 14.3. The Kier molecular flexibility index (Phi) is 6.82. The average Bonchev–Trinajstić information content (AvgIpc) is 2.61. The summed E-state index contributed by atoms with van der Waals surface area (Å²) in [5.41, 5.74) is 2.18. The van der Waals surface area contributed by atoms with Gasteiger partial charge in [-0.15, -0.1) is 0 Å². The van der Waals surface area contributed by atoms with E-state index in [1.165, 1.54) is 0 Å². The van der Waals surface area contributed by atoms with Gasteiger partial charge in [-0.1, -0.05) is 61.0 Å². The molecule has 0 fully saturated rings. The molecule has 2 amide bonds. The Hall–Kier alpha value is -2.33. The summed E-state index contributed by atoms with van der Waals surface area (Å²) in [5.74, 6) is -1.06. The van der Waals surface area contributed by atoms with E-state index in [2.05, 4.69) is 10.6 Å². The topological polar surface area (TPSA) is 58.2 Å². The van der Waals surface area contributed by atoms with Crippen molar-refractivity contribution in [2.75, 3.05) is 13.1 Å². The zero-order valence-electron chi connectivity index (χ0n) is 13.6. The van der Waals surface area contributed by atoms with E-state index in [4.69, 9.17) is 11.6 Å². The van der Waals surface area contributed by atoms with Crippen molar-refractivity contribution in [2.24, 2.45) is 0 Å². The summed E-state index contributed by atoms with van der Waals surface area (Å²) in [5, 5.41) is 5.97. The monoisotopic (exact) mass is 344 g/mol. The Morgan fingerprint density at radius 1 is 0.958 bits per heavy atom. The summed E-state index contributed by atoms with van der Waals surface area (Å²) < 4.78 is 0. The minimum Gasteiger partial charge on any atom is -0.348 e. The van der Waals surface area contributed by atoms with E-state index >= 15 is 0 Å². The maximum Gasteiger partial charge on any atom is 0.309 e. The highest BCUT2D eigenvalue weighted by Gasteiger charge is 2.14. The maximum atomic E-state index is 11.8. The van der Waals surface area contributed by atoms with Gasteiger partial charge in [-0.2, -0.15) is 0 Å². The maximum absolute atomic E-state index is 11.8. The predicted molar refractivity (Wildman–Crippen MR) is 96.0 cm³/mol. The van der Waals surface area contributed by atoms with Gasteiger partial charge in [-0.25, -0.2) is 0 Å². The van der Waals surface area contributed by atoms with E-state index in [0.29, 0.717) is 24.5 Å². The number of benzene rings is 2. The fraction of sp³-hybridized carbons (Fsp3) is 0.263. The van der Waals surface area contributed by atoms with Crippen LogP contribution in [0.1, 0.15) is 24.0 Å². The summed E-state index contributed by atoms with van der Waals surface area (Å²) >= 11 is 5.82. The molecule has 0 unspecified atom stereocenters. The standard InChI is InChI=1S/C19H21ClN2O2/c1-14(16-5-3-2-4-6-16)13-22-19(24)18(23)21-12-11-15-7-9-17(20)10-8-15/h2-10,14H,11-13H2,1H3,(H,21,23)(H,22,24)/t14-/m0/s1. The van der Waals surface area contributed by atoms with E-state index < -0.39 is 11.8 Å². The average molecular weight is 345 g/mol. The van der Waals surface area contributed by atoms with Crippen LogP contribution in [0.4, 0.5) is 0 Å². The van der Waals surface area contributed by atoms with E-state index in [1.54, 1.807) is 12.1 Å². The molecule has 2 N–H and O–H groups in total. The second kappa shape index (κ2) is 9.08. The van der Waals surface area contributed by atoms with Crippen LogP contribution in [0.5, 0.6) is 0 Å². The van der Waals surface area contributed by atoms with Crippen LogP contribution in [-0.2, 0) is 16.0 Å². The quantitative estimate of drug-likeness (QED) is 0.792. The van der Waals surface area contributed by atoms with Crippen molar-refractivity contribution in [1.82, 2.24) is 10.6 Å². The van der Waals surface area contributed by atoms with Crippen molar-refractivity contribution in [3.63, 3.8) is 0 Å². The van der Waals surface area contributed by atoms with Gasteiger partial charge in [0.15, 0.2) is 0 Å². The number of nitrogens with one attached hydrogen (secondary N) is 2. The van der Waals surface area contributed by atoms with E-state index in [9.17, 15) is 9.59 Å². The lowest BCUT2D eigenvalue weighted by atomic mass is 10.0. The van der Waals surface area contributed by atoms with Crippen LogP contribution in [0.3, 0.4) is 0 Å². The van der Waals surface area contributed by atoms with Crippen LogP contribution in [0, 0.1) is 0 Å². The van der Waals surface area contributed by atoms with Crippen LogP contribution >= 0.6 is 11.6 Å². The molecule has 0 aliphatic heterocycles. The Bertz CT molecular complexity index is 672. The minimum absolute atomic E-state index is 0.150. The lowest BCUT2D eigenvalue weighted by molar-refractivity contribution is -0.139. The molecular weight excluding hydrogens is 324 g/mol. The number of hydrogen-bond donors (Lipinski definition) is 2. The second-order valence-corrected chi connectivity index (χ2v) is 6.09. The van der Waals surface area contributed by atoms with Crippen molar-refractivity contribution < 1.29 is 9.59 Å². The number of carbonyl (C=O) groups is 2. The molecule has 2 rings (SSSR count). The highest BCUT2D eigenvalue weighted by Crippen LogP contribution is 2.13. The molecule has 0 saturated carbocycles. The van der Waals surface area contributed by atoms with Gasteiger partial charge in [0.1, 0.15) is 0 Å². The Morgan fingerprint density at radius 2 is 1.58 bits per heavy atom. The number of hydrogen-bond acceptors (Lipinski definition) is 2. The third-order valence-corrected chi connectivity index (χ3v) is 4.01. The molecule has 0 spiro atoms. The van der Waals surface area contributed by atoms with Crippen LogP contribution in [0.15, 0.2) is 54.6 Å². The number of amides is 2. The van der Waals surface area contributed by atoms with Crippen molar-refractivity contribution in [2.45, 2.75) is 19.3 Å². The number of halogens is 1. The van der Waals surface area contributed by atoms with E-state index in [1.807, 2.05) is 49.4 Å². The molecule has 4 nitrogen and oxygen atoms in total. The first-order valence-corrected chi connectivity index (χ1v) is 8.29. The fourth-order valence-electron chi connectivity index (χ4n) is 2.28. The third-order valence-electron chi connectivity index (χ3n) is 3.76. The molecule has 0 bridgehead atoms. The van der Waals surface area contributed by atoms with E-state index in [-0.39, 0.29) is 5.92 Å². The summed E-state index contributed by atoms with van der Waals surface area (Å²) in [6.07, 6.45) is 0.649. The van der Waals surface area contributed by atoms with Crippen molar-refractivity contribution in [3.05, 3.63) is 70.7 Å². The molecule has 0 aliphatic carbocycles. The number of rotatable bonds is 6. The van der Waals surface area contributed by atoms with Gasteiger partial charge in [0, 0.05) is 18.1 Å². The van der Waals surface area contributed by atoms with Gasteiger partial charge < -0.3 is 10.6 Å². The lowest BCUT2D eigenvalue weighted by Gasteiger charge is -2.13. The Morgan fingerprint density at radius 3 is 2.25 bits per heavy atom. The van der Waals surface area contributed by atoms with Gasteiger partial charge in [0.25, 0.3) is 0 Å². The molecule has 0 aromatic heterocycles. The molecule has 24 heavy (non-hydrogen) atoms. The van der Waals surface area contributed by atoms with Crippen LogP contribution in [-0.4, -0.2) is 24.9 Å². The van der Waals surface area contributed by atoms with Gasteiger partial charge in [0.2, 0.25) is 0 Å². The van der Waals surface area contributed by atoms with Gasteiger partial charge in [0.05, 0.1) is 0 Å². The van der Waals surface area contributed by atoms with Gasteiger partial charge >= 0.3 is 11.8 Å². The molecule has 126 valence electrons. The van der Waals surface area contributed by atoms with Gasteiger partial charge in [-0.3, -0.25) is 9.59 Å². The van der Waals surface area contributed by atoms with Crippen molar-refractivity contribution >= 4 is 23.4 Å². The normalized spacial score (nSPS) is 11.6. The Balaban J connectivity index is 1.70. The number of carbonyl (C=O) groups excluding carboxylic acids is 2. The van der Waals surface area contributed by atoms with Gasteiger partial charge in [-0.05, 0) is 35.6 Å². The molecular formula is C19H21ClN2O2. The van der Waals surface area contributed by atoms with Crippen molar-refractivity contribution in [3.8, 4) is 0 Å². The fourth-order valence-corrected chi connectivity index (χ4v) is 2.40. The van der Waals surface area contributed by atoms with Crippen molar-refractivity contribution in [1.29, 1.82) is 0 Å². The molecule has 0 saturated heterocycles. The zero-order chi connectivity index (χ0) is 17.4. The molecule has 0 aliphatic rings. The summed E-state index contributed by atoms with van der Waals surface area (Å²) in [4.78, 5) is 23.6. The van der Waals surface area contributed by atoms with Crippen LogP contribution in [0.25, 0.3) is 0 Å². The lowest BCUT2D eigenvalue weighted by Crippen LogP contribution is -2.41. The minimum atomic E-state index is -0.607. The smallest absolute Gasteiger partial charge is 0.309 e. The predicted octanol–water partition coefficient (Wildman–Crippen LogP) is 2.92.